The van der Waals surface area contributed by atoms with E-state index in [2.05, 4.69) is 10.3 Å². The standard InChI is InChI=1S/C17H18Cl2N2O4S/c1-8(2)7-25-16(23)14-9(3)20-17(26-14)21-15(22)10-5-11(18)13(24-4)12(19)6-10/h5-6,8H,7H2,1-4H3,(H,20,21,22). The summed E-state index contributed by atoms with van der Waals surface area (Å²) in [7, 11) is 1.44. The molecule has 1 aromatic heterocycles. The molecule has 2 rings (SSSR count). The van der Waals surface area contributed by atoms with Crippen LogP contribution in [0.3, 0.4) is 0 Å². The van der Waals surface area contributed by atoms with Crippen molar-refractivity contribution >= 4 is 51.5 Å². The van der Waals surface area contributed by atoms with E-state index >= 15 is 0 Å². The summed E-state index contributed by atoms with van der Waals surface area (Å²) in [5.74, 6) is -0.377. The summed E-state index contributed by atoms with van der Waals surface area (Å²) >= 11 is 13.1. The number of esters is 1. The number of aromatic nitrogens is 1. The van der Waals surface area contributed by atoms with Crippen LogP contribution in [0.5, 0.6) is 5.75 Å². The van der Waals surface area contributed by atoms with Gasteiger partial charge in [0.15, 0.2) is 10.9 Å². The van der Waals surface area contributed by atoms with Crippen LogP contribution in [-0.4, -0.2) is 30.6 Å². The first-order valence-corrected chi connectivity index (χ1v) is 9.29. The maximum absolute atomic E-state index is 12.4. The predicted octanol–water partition coefficient (Wildman–Crippen LogP) is 4.83. The maximum Gasteiger partial charge on any atom is 0.350 e. The first-order valence-electron chi connectivity index (χ1n) is 7.71. The van der Waals surface area contributed by atoms with Gasteiger partial charge in [-0.05, 0) is 25.0 Å². The van der Waals surface area contributed by atoms with Gasteiger partial charge in [-0.3, -0.25) is 10.1 Å². The van der Waals surface area contributed by atoms with Crippen molar-refractivity contribution in [2.75, 3.05) is 19.0 Å². The van der Waals surface area contributed by atoms with Crippen molar-refractivity contribution in [2.45, 2.75) is 20.8 Å². The van der Waals surface area contributed by atoms with Crippen LogP contribution in [0, 0.1) is 12.8 Å². The fraction of sp³-hybridized carbons (Fsp3) is 0.353. The number of halogens is 2. The second kappa shape index (κ2) is 8.70. The molecule has 1 heterocycles. The lowest BCUT2D eigenvalue weighted by atomic mass is 10.2. The van der Waals surface area contributed by atoms with E-state index in [1.54, 1.807) is 6.92 Å². The molecule has 0 aliphatic rings. The zero-order valence-electron chi connectivity index (χ0n) is 14.7. The smallest absolute Gasteiger partial charge is 0.350 e. The number of nitrogens with one attached hydrogen (secondary N) is 1. The number of carbonyl (C=O) groups excluding carboxylic acids is 2. The third-order valence-corrected chi connectivity index (χ3v) is 4.83. The van der Waals surface area contributed by atoms with Gasteiger partial charge >= 0.3 is 5.97 Å². The first kappa shape index (κ1) is 20.5. The molecule has 0 aliphatic carbocycles. The van der Waals surface area contributed by atoms with Crippen LogP contribution >= 0.6 is 34.5 Å². The minimum atomic E-state index is -0.454. The zero-order chi connectivity index (χ0) is 19.4. The normalized spacial score (nSPS) is 10.7. The van der Waals surface area contributed by atoms with Crippen LogP contribution in [0.2, 0.25) is 10.0 Å². The molecule has 0 spiro atoms. The molecule has 26 heavy (non-hydrogen) atoms. The number of rotatable bonds is 6. The summed E-state index contributed by atoms with van der Waals surface area (Å²) in [5, 5.41) is 3.36. The second-order valence-corrected chi connectivity index (χ2v) is 7.67. The highest BCUT2D eigenvalue weighted by atomic mass is 35.5. The molecular weight excluding hydrogens is 399 g/mol. The number of nitrogens with zero attached hydrogens (tertiary/aromatic N) is 1. The number of aryl methyl sites for hydroxylation is 1. The summed E-state index contributed by atoms with van der Waals surface area (Å²) in [5.41, 5.74) is 0.738. The van der Waals surface area contributed by atoms with Crippen LogP contribution in [0.15, 0.2) is 12.1 Å². The Hall–Kier alpha value is -1.83. The summed E-state index contributed by atoms with van der Waals surface area (Å²) in [4.78, 5) is 29.0. The van der Waals surface area contributed by atoms with Crippen molar-refractivity contribution in [1.82, 2.24) is 4.98 Å². The Bertz CT molecular complexity index is 813. The van der Waals surface area contributed by atoms with Gasteiger partial charge in [0.2, 0.25) is 0 Å². The van der Waals surface area contributed by atoms with E-state index in [0.717, 1.165) is 11.3 Å². The highest BCUT2D eigenvalue weighted by molar-refractivity contribution is 7.17. The number of thiazole rings is 1. The van der Waals surface area contributed by atoms with Crippen molar-refractivity contribution in [3.8, 4) is 5.75 Å². The van der Waals surface area contributed by atoms with Gasteiger partial charge in [0, 0.05) is 5.56 Å². The summed E-state index contributed by atoms with van der Waals surface area (Å²) < 4.78 is 10.3. The maximum atomic E-state index is 12.4. The van der Waals surface area contributed by atoms with Gasteiger partial charge in [-0.15, -0.1) is 0 Å². The molecular formula is C17H18Cl2N2O4S. The number of ether oxygens (including phenoxy) is 2. The van der Waals surface area contributed by atoms with Crippen LogP contribution in [0.25, 0.3) is 0 Å². The summed E-state index contributed by atoms with van der Waals surface area (Å²) in [6.45, 7) is 5.90. The average Bonchev–Trinajstić information content (AvgIpc) is 2.92. The van der Waals surface area contributed by atoms with Gasteiger partial charge in [0.1, 0.15) is 4.88 Å². The summed E-state index contributed by atoms with van der Waals surface area (Å²) in [6, 6.07) is 2.89. The number of carbonyl (C=O) groups is 2. The zero-order valence-corrected chi connectivity index (χ0v) is 17.0. The number of hydrogen-bond donors (Lipinski definition) is 1. The molecule has 0 saturated carbocycles. The van der Waals surface area contributed by atoms with Gasteiger partial charge in [-0.2, -0.15) is 0 Å². The molecule has 0 bridgehead atoms. The second-order valence-electron chi connectivity index (χ2n) is 5.85. The molecule has 9 heteroatoms. The number of methoxy groups -OCH3 is 1. The molecule has 0 atom stereocenters. The van der Waals surface area contributed by atoms with Gasteiger partial charge in [-0.1, -0.05) is 48.4 Å². The Balaban J connectivity index is 2.15. The fourth-order valence-corrected chi connectivity index (χ4v) is 3.50. The van der Waals surface area contributed by atoms with Crippen molar-refractivity contribution in [1.29, 1.82) is 0 Å². The quantitative estimate of drug-likeness (QED) is 0.681. The molecule has 6 nitrogen and oxygen atoms in total. The van der Waals surface area contributed by atoms with Crippen LogP contribution in [0.1, 0.15) is 39.6 Å². The van der Waals surface area contributed by atoms with Gasteiger partial charge < -0.3 is 9.47 Å². The topological polar surface area (TPSA) is 77.5 Å². The van der Waals surface area contributed by atoms with Crippen LogP contribution in [0.4, 0.5) is 5.13 Å². The predicted molar refractivity (Wildman–Crippen MR) is 103 cm³/mol. The van der Waals surface area contributed by atoms with E-state index < -0.39 is 11.9 Å². The molecule has 140 valence electrons. The summed E-state index contributed by atoms with van der Waals surface area (Å²) in [6.07, 6.45) is 0. The molecule has 0 fully saturated rings. The SMILES string of the molecule is COc1c(Cl)cc(C(=O)Nc2nc(C)c(C(=O)OCC(C)C)s2)cc1Cl. The Morgan fingerprint density at radius 3 is 2.42 bits per heavy atom. The Morgan fingerprint density at radius 1 is 1.27 bits per heavy atom. The van der Waals surface area contributed by atoms with Crippen molar-refractivity contribution in [3.63, 3.8) is 0 Å². The van der Waals surface area contributed by atoms with Gasteiger partial charge in [0.05, 0.1) is 29.5 Å². The highest BCUT2D eigenvalue weighted by Crippen LogP contribution is 2.34. The van der Waals surface area contributed by atoms with Crippen molar-refractivity contribution < 1.29 is 19.1 Å². The van der Waals surface area contributed by atoms with E-state index in [1.807, 2.05) is 13.8 Å². The first-order chi connectivity index (χ1) is 12.2. The molecule has 0 aliphatic heterocycles. The van der Waals surface area contributed by atoms with E-state index in [9.17, 15) is 9.59 Å². The molecule has 0 saturated heterocycles. The largest absolute Gasteiger partial charge is 0.494 e. The molecule has 0 radical (unpaired) electrons. The lowest BCUT2D eigenvalue weighted by Crippen LogP contribution is -2.12. The number of anilines is 1. The van der Waals surface area contributed by atoms with Crippen LogP contribution in [-0.2, 0) is 4.74 Å². The van der Waals surface area contributed by atoms with E-state index in [4.69, 9.17) is 32.7 Å². The van der Waals surface area contributed by atoms with E-state index in [0.29, 0.717) is 22.9 Å². The monoisotopic (exact) mass is 416 g/mol. The molecule has 1 aromatic carbocycles. The Kier molecular flexibility index (Phi) is 6.86. The molecule has 1 N–H and O–H groups in total. The van der Waals surface area contributed by atoms with E-state index in [1.165, 1.54) is 19.2 Å². The molecule has 2 aromatic rings. The number of hydrogen-bond acceptors (Lipinski definition) is 6. The molecule has 0 unspecified atom stereocenters. The Morgan fingerprint density at radius 2 is 1.88 bits per heavy atom. The van der Waals surface area contributed by atoms with Gasteiger partial charge in [-0.25, -0.2) is 9.78 Å². The minimum absolute atomic E-state index is 0.221. The number of benzene rings is 1. The highest BCUT2D eigenvalue weighted by Gasteiger charge is 2.20. The third kappa shape index (κ3) is 4.87. The fourth-order valence-electron chi connectivity index (χ4n) is 2.00. The third-order valence-electron chi connectivity index (χ3n) is 3.21. The van der Waals surface area contributed by atoms with Gasteiger partial charge in [0.25, 0.3) is 5.91 Å². The van der Waals surface area contributed by atoms with Crippen molar-refractivity contribution in [2.24, 2.45) is 5.92 Å². The van der Waals surface area contributed by atoms with E-state index in [-0.39, 0.29) is 26.7 Å². The van der Waals surface area contributed by atoms with Crippen molar-refractivity contribution in [3.05, 3.63) is 38.3 Å². The lowest BCUT2D eigenvalue weighted by molar-refractivity contribution is 0.0463. The minimum Gasteiger partial charge on any atom is -0.494 e. The number of amides is 1. The average molecular weight is 417 g/mol. The lowest BCUT2D eigenvalue weighted by Gasteiger charge is -2.08. The Labute approximate surface area is 165 Å². The molecule has 1 amide bonds. The van der Waals surface area contributed by atoms with Crippen LogP contribution < -0.4 is 10.1 Å².